The number of carboxylic acids is 2. The minimum Gasteiger partial charge on any atom is -0.481 e. The number of aliphatic hydroxyl groups is 2. The summed E-state index contributed by atoms with van der Waals surface area (Å²) in [6.07, 6.45) is 11.4. The minimum atomic E-state index is -0.670. The van der Waals surface area contributed by atoms with Crippen molar-refractivity contribution in [3.63, 3.8) is 0 Å². The van der Waals surface area contributed by atoms with Gasteiger partial charge < -0.3 is 20.4 Å². The van der Waals surface area contributed by atoms with Crippen LogP contribution in [0, 0.1) is 0 Å². The molecule has 0 atom stereocenters. The maximum atomic E-state index is 10.0. The van der Waals surface area contributed by atoms with E-state index in [0.29, 0.717) is 12.8 Å². The molecule has 0 fully saturated rings. The van der Waals surface area contributed by atoms with Crippen LogP contribution in [0.3, 0.4) is 0 Å². The van der Waals surface area contributed by atoms with Crippen LogP contribution in [-0.2, 0) is 35.8 Å². The Kier molecular flexibility index (Phi) is 47.6. The molecule has 0 bridgehead atoms. The Bertz CT molecular complexity index is 274. The molecule has 0 aromatic carbocycles. The molecule has 0 rings (SSSR count). The number of aliphatic hydroxyl groups excluding tert-OH is 2. The maximum absolute atomic E-state index is 10.0. The Hall–Kier alpha value is -0.257. The maximum Gasteiger partial charge on any atom is 0.303 e. The van der Waals surface area contributed by atoms with Crippen LogP contribution in [0.15, 0.2) is 0 Å². The SMILES string of the molecule is CC(C)O.CC(C)O.CCCCCCCC(=O)O.CCCCCCCC(=O)O.[Zr]. The van der Waals surface area contributed by atoms with E-state index in [9.17, 15) is 9.59 Å². The van der Waals surface area contributed by atoms with Crippen LogP contribution in [0.5, 0.6) is 0 Å². The first-order chi connectivity index (χ1) is 13.0. The van der Waals surface area contributed by atoms with Crippen LogP contribution in [0.4, 0.5) is 0 Å². The van der Waals surface area contributed by atoms with Crippen molar-refractivity contribution in [1.82, 2.24) is 0 Å². The molecule has 0 amide bonds. The molecule has 0 aliphatic carbocycles. The summed E-state index contributed by atoms with van der Waals surface area (Å²) in [7, 11) is 0. The summed E-state index contributed by atoms with van der Waals surface area (Å²) in [5, 5.41) is 32.7. The zero-order chi connectivity index (χ0) is 22.8. The van der Waals surface area contributed by atoms with Gasteiger partial charge in [-0.05, 0) is 40.5 Å². The number of rotatable bonds is 12. The van der Waals surface area contributed by atoms with Crippen LogP contribution in [0.1, 0.15) is 119 Å². The van der Waals surface area contributed by atoms with Crippen LogP contribution < -0.4 is 0 Å². The standard InChI is InChI=1S/2C8H16O2.2C3H8O.Zr/c2*1-2-3-4-5-6-7-8(9)10;2*1-3(2)4;/h2*2-7H2,1H3,(H,9,10);2*3-4H,1-2H3;. The Morgan fingerprint density at radius 2 is 0.793 bits per heavy atom. The van der Waals surface area contributed by atoms with Gasteiger partial charge >= 0.3 is 11.9 Å². The molecule has 0 aliphatic heterocycles. The summed E-state index contributed by atoms with van der Waals surface area (Å²) < 4.78 is 0. The van der Waals surface area contributed by atoms with Crippen molar-refractivity contribution in [2.45, 2.75) is 131 Å². The Balaban J connectivity index is -0.0000000950. The van der Waals surface area contributed by atoms with E-state index < -0.39 is 11.9 Å². The van der Waals surface area contributed by atoms with E-state index in [1.165, 1.54) is 38.5 Å². The van der Waals surface area contributed by atoms with Crippen molar-refractivity contribution < 1.29 is 56.2 Å². The molecule has 0 aliphatic rings. The molecule has 176 valence electrons. The van der Waals surface area contributed by atoms with Gasteiger partial charge in [0.25, 0.3) is 0 Å². The van der Waals surface area contributed by atoms with Crippen molar-refractivity contribution in [2.24, 2.45) is 0 Å². The molecular weight excluding hydrogens is 451 g/mol. The first-order valence-corrected chi connectivity index (χ1v) is 10.8. The molecule has 0 spiro atoms. The van der Waals surface area contributed by atoms with Crippen LogP contribution in [-0.4, -0.2) is 44.6 Å². The molecule has 29 heavy (non-hydrogen) atoms. The van der Waals surface area contributed by atoms with E-state index in [4.69, 9.17) is 20.4 Å². The summed E-state index contributed by atoms with van der Waals surface area (Å²) in [4.78, 5) is 20.1. The van der Waals surface area contributed by atoms with Crippen LogP contribution in [0.25, 0.3) is 0 Å². The Morgan fingerprint density at radius 1 is 0.586 bits per heavy atom. The van der Waals surface area contributed by atoms with Gasteiger partial charge in [0.1, 0.15) is 0 Å². The average molecular weight is 500 g/mol. The van der Waals surface area contributed by atoms with Crippen molar-refractivity contribution in [3.8, 4) is 0 Å². The third-order valence-electron chi connectivity index (χ3n) is 2.99. The van der Waals surface area contributed by atoms with Gasteiger partial charge in [-0.3, -0.25) is 9.59 Å². The fraction of sp³-hybridized carbons (Fsp3) is 0.909. The van der Waals surface area contributed by atoms with Crippen molar-refractivity contribution in [3.05, 3.63) is 0 Å². The minimum absolute atomic E-state index is 0. The summed E-state index contributed by atoms with van der Waals surface area (Å²) in [6, 6.07) is 0. The monoisotopic (exact) mass is 498 g/mol. The second-order valence-corrected chi connectivity index (χ2v) is 7.30. The predicted octanol–water partition coefficient (Wildman–Crippen LogP) is 5.63. The average Bonchev–Trinajstić information content (AvgIpc) is 2.53. The van der Waals surface area contributed by atoms with Gasteiger partial charge in [0.05, 0.1) is 0 Å². The van der Waals surface area contributed by atoms with Gasteiger partial charge in [0, 0.05) is 51.3 Å². The molecule has 0 saturated heterocycles. The Labute approximate surface area is 198 Å². The molecule has 0 aromatic heterocycles. The number of hydrogen-bond donors (Lipinski definition) is 4. The fourth-order valence-corrected chi connectivity index (χ4v) is 1.76. The number of unbranched alkanes of at least 4 members (excludes halogenated alkanes) is 8. The third kappa shape index (κ3) is 97.3. The van der Waals surface area contributed by atoms with Gasteiger partial charge in [-0.2, -0.15) is 0 Å². The quantitative estimate of drug-likeness (QED) is 0.258. The summed E-state index contributed by atoms with van der Waals surface area (Å²) in [5.74, 6) is -1.34. The van der Waals surface area contributed by atoms with Crippen LogP contribution in [0.2, 0.25) is 0 Å². The largest absolute Gasteiger partial charge is 0.481 e. The summed E-state index contributed by atoms with van der Waals surface area (Å²) in [6.45, 7) is 11.2. The molecule has 0 heterocycles. The van der Waals surface area contributed by atoms with Gasteiger partial charge in [0.15, 0.2) is 0 Å². The Morgan fingerprint density at radius 3 is 0.966 bits per heavy atom. The smallest absolute Gasteiger partial charge is 0.303 e. The summed E-state index contributed by atoms with van der Waals surface area (Å²) in [5.41, 5.74) is 0. The second kappa shape index (κ2) is 35.2. The van der Waals surface area contributed by atoms with Crippen molar-refractivity contribution in [2.75, 3.05) is 0 Å². The summed E-state index contributed by atoms with van der Waals surface area (Å²) >= 11 is 0. The molecule has 0 aromatic rings. The molecule has 7 heteroatoms. The van der Waals surface area contributed by atoms with Crippen LogP contribution >= 0.6 is 0 Å². The molecule has 4 N–H and O–H groups in total. The molecule has 0 unspecified atom stereocenters. The number of carboxylic acid groups (broad SMARTS) is 2. The van der Waals surface area contributed by atoms with E-state index in [0.717, 1.165) is 25.7 Å². The first-order valence-electron chi connectivity index (χ1n) is 10.8. The van der Waals surface area contributed by atoms with E-state index in [1.807, 2.05) is 0 Å². The number of hydrogen-bond acceptors (Lipinski definition) is 4. The number of carbonyl (C=O) groups is 2. The van der Waals surface area contributed by atoms with Gasteiger partial charge in [-0.25, -0.2) is 0 Å². The van der Waals surface area contributed by atoms with Crippen molar-refractivity contribution in [1.29, 1.82) is 0 Å². The second-order valence-electron chi connectivity index (χ2n) is 7.30. The molecular formula is C22H48O6Zr. The molecule has 6 nitrogen and oxygen atoms in total. The predicted molar refractivity (Wildman–Crippen MR) is 117 cm³/mol. The third-order valence-corrected chi connectivity index (χ3v) is 2.99. The molecule has 0 radical (unpaired) electrons. The van der Waals surface area contributed by atoms with E-state index in [2.05, 4.69) is 13.8 Å². The van der Waals surface area contributed by atoms with Gasteiger partial charge in [-0.1, -0.05) is 65.2 Å². The first kappa shape index (κ1) is 39.2. The fourth-order valence-electron chi connectivity index (χ4n) is 1.76. The van der Waals surface area contributed by atoms with Gasteiger partial charge in [-0.15, -0.1) is 0 Å². The normalized spacial score (nSPS) is 9.17. The van der Waals surface area contributed by atoms with Gasteiger partial charge in [0.2, 0.25) is 0 Å². The van der Waals surface area contributed by atoms with Crippen molar-refractivity contribution >= 4 is 11.9 Å². The van der Waals surface area contributed by atoms with E-state index in [1.54, 1.807) is 27.7 Å². The van der Waals surface area contributed by atoms with E-state index in [-0.39, 0.29) is 38.4 Å². The molecule has 0 saturated carbocycles. The topological polar surface area (TPSA) is 115 Å². The zero-order valence-corrected chi connectivity index (χ0v) is 22.2. The zero-order valence-electron chi connectivity index (χ0n) is 19.7. The number of aliphatic carboxylic acids is 2. The van der Waals surface area contributed by atoms with E-state index >= 15 is 0 Å².